The number of hydrogen-bond donors (Lipinski definition) is 1. The molecular formula is C27H32N2O6S. The molecule has 0 aliphatic heterocycles. The number of methoxy groups -OCH3 is 2. The molecule has 36 heavy (non-hydrogen) atoms. The fourth-order valence-electron chi connectivity index (χ4n) is 3.50. The second-order valence-corrected chi connectivity index (χ2v) is 9.92. The zero-order chi connectivity index (χ0) is 26.1. The molecule has 1 amide bonds. The van der Waals surface area contributed by atoms with Crippen molar-refractivity contribution < 1.29 is 27.4 Å². The van der Waals surface area contributed by atoms with E-state index in [0.29, 0.717) is 17.2 Å². The van der Waals surface area contributed by atoms with Crippen LogP contribution >= 0.6 is 0 Å². The lowest BCUT2D eigenvalue weighted by Gasteiger charge is -2.24. The Morgan fingerprint density at radius 2 is 1.58 bits per heavy atom. The zero-order valence-corrected chi connectivity index (χ0v) is 21.8. The van der Waals surface area contributed by atoms with Crippen LogP contribution in [0.5, 0.6) is 17.2 Å². The molecule has 0 aliphatic carbocycles. The summed E-state index contributed by atoms with van der Waals surface area (Å²) in [5.74, 6) is 0.930. The van der Waals surface area contributed by atoms with Crippen LogP contribution in [0.1, 0.15) is 18.1 Å². The molecule has 0 aromatic heterocycles. The average molecular weight is 513 g/mol. The standard InChI is InChI=1S/C27H32N2O6S/c1-5-21-8-12-23(13-9-21)35-17-16-28-27(30)19-29(22-10-6-20(2)7-11-22)36(31,32)24-14-15-25(33-3)26(18-24)34-4/h6-15,18H,5,16-17,19H2,1-4H3,(H,28,30). The van der Waals surface area contributed by atoms with Gasteiger partial charge >= 0.3 is 0 Å². The smallest absolute Gasteiger partial charge is 0.264 e. The minimum Gasteiger partial charge on any atom is -0.493 e. The molecule has 0 atom stereocenters. The van der Waals surface area contributed by atoms with E-state index in [1.54, 1.807) is 24.3 Å². The number of nitrogens with zero attached hydrogens (tertiary/aromatic N) is 1. The van der Waals surface area contributed by atoms with Gasteiger partial charge < -0.3 is 19.5 Å². The summed E-state index contributed by atoms with van der Waals surface area (Å²) < 4.78 is 44.5. The lowest BCUT2D eigenvalue weighted by molar-refractivity contribution is -0.119. The summed E-state index contributed by atoms with van der Waals surface area (Å²) in [7, 11) is -1.19. The van der Waals surface area contributed by atoms with Gasteiger partial charge in [-0.2, -0.15) is 0 Å². The predicted molar refractivity (Wildman–Crippen MR) is 140 cm³/mol. The van der Waals surface area contributed by atoms with Gasteiger partial charge in [0.1, 0.15) is 18.9 Å². The van der Waals surface area contributed by atoms with Crippen molar-refractivity contribution in [2.24, 2.45) is 0 Å². The largest absolute Gasteiger partial charge is 0.493 e. The Balaban J connectivity index is 1.74. The second kappa shape index (κ2) is 12.3. The van der Waals surface area contributed by atoms with E-state index in [2.05, 4.69) is 12.2 Å². The van der Waals surface area contributed by atoms with Gasteiger partial charge in [0.05, 0.1) is 31.3 Å². The van der Waals surface area contributed by atoms with Gasteiger partial charge in [-0.3, -0.25) is 9.10 Å². The van der Waals surface area contributed by atoms with Crippen molar-refractivity contribution >= 4 is 21.6 Å². The third-order valence-corrected chi connectivity index (χ3v) is 7.35. The SMILES string of the molecule is CCc1ccc(OCCNC(=O)CN(c2ccc(C)cc2)S(=O)(=O)c2ccc(OC)c(OC)c2)cc1. The number of rotatable bonds is 12. The number of hydrogen-bond acceptors (Lipinski definition) is 6. The number of nitrogens with one attached hydrogen (secondary N) is 1. The highest BCUT2D eigenvalue weighted by atomic mass is 32.2. The van der Waals surface area contributed by atoms with Crippen molar-refractivity contribution in [1.29, 1.82) is 0 Å². The van der Waals surface area contributed by atoms with Crippen LogP contribution in [0.15, 0.2) is 71.6 Å². The quantitative estimate of drug-likeness (QED) is 0.369. The number of aryl methyl sites for hydroxylation is 2. The van der Waals surface area contributed by atoms with Gasteiger partial charge in [0.2, 0.25) is 5.91 Å². The van der Waals surface area contributed by atoms with Gasteiger partial charge in [-0.1, -0.05) is 36.8 Å². The van der Waals surface area contributed by atoms with Crippen LogP contribution in [-0.2, 0) is 21.2 Å². The first-order valence-corrected chi connectivity index (χ1v) is 13.0. The van der Waals surface area contributed by atoms with Crippen molar-refractivity contribution in [2.45, 2.75) is 25.2 Å². The Bertz CT molecular complexity index is 1260. The van der Waals surface area contributed by atoms with Gasteiger partial charge in [0.25, 0.3) is 10.0 Å². The van der Waals surface area contributed by atoms with E-state index in [0.717, 1.165) is 16.3 Å². The van der Waals surface area contributed by atoms with Crippen LogP contribution in [-0.4, -0.2) is 48.2 Å². The second-order valence-electron chi connectivity index (χ2n) is 8.06. The third-order valence-electron chi connectivity index (χ3n) is 5.58. The number of benzene rings is 3. The molecule has 3 rings (SSSR count). The van der Waals surface area contributed by atoms with Crippen LogP contribution in [0.4, 0.5) is 5.69 Å². The fourth-order valence-corrected chi connectivity index (χ4v) is 4.93. The summed E-state index contributed by atoms with van der Waals surface area (Å²) in [5, 5.41) is 2.74. The highest BCUT2D eigenvalue weighted by Gasteiger charge is 2.28. The number of amides is 1. The van der Waals surface area contributed by atoms with Crippen LogP contribution in [0.25, 0.3) is 0 Å². The van der Waals surface area contributed by atoms with Crippen molar-refractivity contribution in [3.05, 3.63) is 77.9 Å². The Kier molecular flexibility index (Phi) is 9.19. The molecule has 0 spiro atoms. The molecule has 3 aromatic carbocycles. The van der Waals surface area contributed by atoms with E-state index in [1.165, 1.54) is 38.0 Å². The summed E-state index contributed by atoms with van der Waals surface area (Å²) in [4.78, 5) is 12.8. The zero-order valence-electron chi connectivity index (χ0n) is 21.0. The number of ether oxygens (including phenoxy) is 3. The molecule has 192 valence electrons. The number of carbonyl (C=O) groups is 1. The van der Waals surface area contributed by atoms with E-state index < -0.39 is 22.5 Å². The predicted octanol–water partition coefficient (Wildman–Crippen LogP) is 3.97. The molecule has 0 unspecified atom stereocenters. The van der Waals surface area contributed by atoms with E-state index in [9.17, 15) is 13.2 Å². The summed E-state index contributed by atoms with van der Waals surface area (Å²) in [6.07, 6.45) is 0.944. The van der Waals surface area contributed by atoms with Gasteiger partial charge in [-0.15, -0.1) is 0 Å². The minimum absolute atomic E-state index is 0.0209. The first-order chi connectivity index (χ1) is 17.3. The molecule has 3 aromatic rings. The van der Waals surface area contributed by atoms with Crippen LogP contribution in [0.3, 0.4) is 0 Å². The highest BCUT2D eigenvalue weighted by Crippen LogP contribution is 2.32. The van der Waals surface area contributed by atoms with Crippen molar-refractivity contribution in [3.8, 4) is 17.2 Å². The minimum atomic E-state index is -4.09. The van der Waals surface area contributed by atoms with Crippen molar-refractivity contribution in [2.75, 3.05) is 38.2 Å². The van der Waals surface area contributed by atoms with Crippen LogP contribution < -0.4 is 23.8 Å². The monoisotopic (exact) mass is 512 g/mol. The Morgan fingerprint density at radius 1 is 0.917 bits per heavy atom. The van der Waals surface area contributed by atoms with E-state index >= 15 is 0 Å². The van der Waals surface area contributed by atoms with Crippen molar-refractivity contribution in [3.63, 3.8) is 0 Å². The summed E-state index contributed by atoms with van der Waals surface area (Å²) >= 11 is 0. The normalized spacial score (nSPS) is 11.0. The first kappa shape index (κ1) is 26.9. The molecule has 9 heteroatoms. The van der Waals surface area contributed by atoms with Gasteiger partial charge in [0.15, 0.2) is 11.5 Å². The number of carbonyl (C=O) groups excluding carboxylic acids is 1. The van der Waals surface area contributed by atoms with E-state index in [1.807, 2.05) is 31.2 Å². The fraction of sp³-hybridized carbons (Fsp3) is 0.296. The van der Waals surface area contributed by atoms with E-state index in [4.69, 9.17) is 14.2 Å². The molecule has 0 saturated carbocycles. The molecule has 0 saturated heterocycles. The molecular weight excluding hydrogens is 480 g/mol. The topological polar surface area (TPSA) is 94.2 Å². The number of anilines is 1. The van der Waals surface area contributed by atoms with Gasteiger partial charge in [-0.05, 0) is 55.3 Å². The first-order valence-electron chi connectivity index (χ1n) is 11.6. The number of sulfonamides is 1. The Labute approximate surface area is 212 Å². The highest BCUT2D eigenvalue weighted by molar-refractivity contribution is 7.92. The lowest BCUT2D eigenvalue weighted by Crippen LogP contribution is -2.41. The van der Waals surface area contributed by atoms with Crippen molar-refractivity contribution in [1.82, 2.24) is 5.32 Å². The molecule has 0 heterocycles. The maximum Gasteiger partial charge on any atom is 0.264 e. The van der Waals surface area contributed by atoms with E-state index in [-0.39, 0.29) is 23.8 Å². The Hall–Kier alpha value is -3.72. The molecule has 0 aliphatic rings. The molecule has 8 nitrogen and oxygen atoms in total. The molecule has 1 N–H and O–H groups in total. The third kappa shape index (κ3) is 6.69. The molecule has 0 radical (unpaired) electrons. The molecule has 0 fully saturated rings. The summed E-state index contributed by atoms with van der Waals surface area (Å²) in [6, 6.07) is 19.0. The van der Waals surface area contributed by atoms with Crippen LogP contribution in [0.2, 0.25) is 0 Å². The van der Waals surface area contributed by atoms with Gasteiger partial charge in [0, 0.05) is 6.07 Å². The summed E-state index contributed by atoms with van der Waals surface area (Å²) in [5.41, 5.74) is 2.55. The maximum atomic E-state index is 13.6. The summed E-state index contributed by atoms with van der Waals surface area (Å²) in [6.45, 7) is 4.07. The van der Waals surface area contributed by atoms with Crippen LogP contribution in [0, 0.1) is 6.92 Å². The Morgan fingerprint density at radius 3 is 2.19 bits per heavy atom. The van der Waals surface area contributed by atoms with Gasteiger partial charge in [-0.25, -0.2) is 8.42 Å². The lowest BCUT2D eigenvalue weighted by atomic mass is 10.2. The maximum absolute atomic E-state index is 13.6. The molecule has 0 bridgehead atoms. The average Bonchev–Trinajstić information content (AvgIpc) is 2.90.